The summed E-state index contributed by atoms with van der Waals surface area (Å²) in [5.74, 6) is -0.302. The van der Waals surface area contributed by atoms with E-state index in [-0.39, 0.29) is 0 Å². The van der Waals surface area contributed by atoms with Crippen LogP contribution in [0.2, 0.25) is 0 Å². The van der Waals surface area contributed by atoms with Crippen LogP contribution in [-0.2, 0) is 4.79 Å². The molecule has 0 radical (unpaired) electrons. The van der Waals surface area contributed by atoms with E-state index < -0.39 is 11.6 Å². The van der Waals surface area contributed by atoms with Crippen molar-refractivity contribution in [3.05, 3.63) is 29.3 Å². The SMILES string of the molecule is CCCC(C)(Oc1ccc(C)c(C)c1)C(=O)O. The van der Waals surface area contributed by atoms with Gasteiger partial charge in [-0.15, -0.1) is 0 Å². The predicted molar refractivity (Wildman–Crippen MR) is 67.5 cm³/mol. The van der Waals surface area contributed by atoms with Gasteiger partial charge in [0.25, 0.3) is 0 Å². The molecule has 0 spiro atoms. The highest BCUT2D eigenvalue weighted by molar-refractivity contribution is 5.77. The van der Waals surface area contributed by atoms with E-state index in [4.69, 9.17) is 4.74 Å². The lowest BCUT2D eigenvalue weighted by Gasteiger charge is -2.26. The minimum Gasteiger partial charge on any atom is -0.478 e. The standard InChI is InChI=1S/C14H20O3/c1-5-8-14(4,13(15)16)17-12-7-6-10(2)11(3)9-12/h6-7,9H,5,8H2,1-4H3,(H,15,16). The van der Waals surface area contributed by atoms with Gasteiger partial charge in [0.2, 0.25) is 5.60 Å². The summed E-state index contributed by atoms with van der Waals surface area (Å²) in [6.07, 6.45) is 1.27. The minimum absolute atomic E-state index is 0.495. The highest BCUT2D eigenvalue weighted by atomic mass is 16.5. The number of carbonyl (C=O) groups is 1. The second-order valence-corrected chi connectivity index (χ2v) is 4.63. The van der Waals surface area contributed by atoms with Crippen molar-refractivity contribution in [3.8, 4) is 5.75 Å². The Morgan fingerprint density at radius 3 is 2.47 bits per heavy atom. The van der Waals surface area contributed by atoms with Crippen molar-refractivity contribution < 1.29 is 14.6 Å². The molecule has 94 valence electrons. The zero-order valence-corrected chi connectivity index (χ0v) is 10.9. The second kappa shape index (κ2) is 5.21. The average molecular weight is 236 g/mol. The number of rotatable bonds is 5. The summed E-state index contributed by atoms with van der Waals surface area (Å²) >= 11 is 0. The van der Waals surface area contributed by atoms with Crippen LogP contribution in [0.1, 0.15) is 37.8 Å². The summed E-state index contributed by atoms with van der Waals surface area (Å²) in [6, 6.07) is 5.64. The zero-order chi connectivity index (χ0) is 13.1. The third-order valence-electron chi connectivity index (χ3n) is 3.00. The molecule has 0 heterocycles. The van der Waals surface area contributed by atoms with Crippen LogP contribution in [0.25, 0.3) is 0 Å². The van der Waals surface area contributed by atoms with Crippen LogP contribution in [0, 0.1) is 13.8 Å². The molecule has 3 nitrogen and oxygen atoms in total. The van der Waals surface area contributed by atoms with Crippen molar-refractivity contribution >= 4 is 5.97 Å². The van der Waals surface area contributed by atoms with Crippen molar-refractivity contribution in [1.29, 1.82) is 0 Å². The maximum atomic E-state index is 11.2. The first-order valence-corrected chi connectivity index (χ1v) is 5.88. The lowest BCUT2D eigenvalue weighted by Crippen LogP contribution is -2.41. The molecule has 0 aliphatic heterocycles. The van der Waals surface area contributed by atoms with E-state index in [1.54, 1.807) is 6.92 Å². The van der Waals surface area contributed by atoms with Crippen LogP contribution in [0.15, 0.2) is 18.2 Å². The van der Waals surface area contributed by atoms with Gasteiger partial charge in [-0.2, -0.15) is 0 Å². The first kappa shape index (κ1) is 13.6. The van der Waals surface area contributed by atoms with Gasteiger partial charge >= 0.3 is 5.97 Å². The van der Waals surface area contributed by atoms with Crippen molar-refractivity contribution in [2.45, 2.75) is 46.1 Å². The van der Waals surface area contributed by atoms with E-state index in [0.29, 0.717) is 12.2 Å². The normalized spacial score (nSPS) is 14.1. The first-order valence-electron chi connectivity index (χ1n) is 5.88. The number of aliphatic carboxylic acids is 1. The number of carboxylic acid groups (broad SMARTS) is 1. The molecule has 0 aromatic heterocycles. The smallest absolute Gasteiger partial charge is 0.347 e. The van der Waals surface area contributed by atoms with Gasteiger partial charge in [-0.3, -0.25) is 0 Å². The summed E-state index contributed by atoms with van der Waals surface area (Å²) in [6.45, 7) is 7.57. The van der Waals surface area contributed by atoms with Crippen molar-refractivity contribution in [3.63, 3.8) is 0 Å². The Balaban J connectivity index is 2.94. The predicted octanol–water partition coefficient (Wildman–Crippen LogP) is 3.33. The summed E-state index contributed by atoms with van der Waals surface area (Å²) in [7, 11) is 0. The van der Waals surface area contributed by atoms with Crippen LogP contribution in [0.5, 0.6) is 5.75 Å². The highest BCUT2D eigenvalue weighted by Crippen LogP contribution is 2.25. The van der Waals surface area contributed by atoms with Crippen LogP contribution in [0.3, 0.4) is 0 Å². The fraction of sp³-hybridized carbons (Fsp3) is 0.500. The third-order valence-corrected chi connectivity index (χ3v) is 3.00. The van der Waals surface area contributed by atoms with Crippen molar-refractivity contribution in [2.24, 2.45) is 0 Å². The molecule has 1 N–H and O–H groups in total. The molecule has 0 amide bonds. The van der Waals surface area contributed by atoms with Crippen molar-refractivity contribution in [1.82, 2.24) is 0 Å². The zero-order valence-electron chi connectivity index (χ0n) is 10.9. The lowest BCUT2D eigenvalue weighted by molar-refractivity contribution is -0.154. The number of carboxylic acids is 1. The summed E-state index contributed by atoms with van der Waals surface area (Å²) in [4.78, 5) is 11.2. The van der Waals surface area contributed by atoms with Gasteiger partial charge < -0.3 is 9.84 Å². The van der Waals surface area contributed by atoms with Gasteiger partial charge in [0, 0.05) is 0 Å². The molecular weight excluding hydrogens is 216 g/mol. The van der Waals surface area contributed by atoms with Gasteiger partial charge in [-0.1, -0.05) is 19.4 Å². The van der Waals surface area contributed by atoms with Crippen LogP contribution < -0.4 is 4.74 Å². The number of hydrogen-bond donors (Lipinski definition) is 1. The Kier molecular flexibility index (Phi) is 4.16. The molecule has 1 aromatic carbocycles. The van der Waals surface area contributed by atoms with E-state index in [0.717, 1.165) is 12.0 Å². The fourth-order valence-electron chi connectivity index (χ4n) is 1.72. The molecule has 0 aliphatic rings. The van der Waals surface area contributed by atoms with Gasteiger partial charge in [-0.25, -0.2) is 4.79 Å². The maximum Gasteiger partial charge on any atom is 0.347 e. The van der Waals surface area contributed by atoms with Gasteiger partial charge in [0.05, 0.1) is 0 Å². The van der Waals surface area contributed by atoms with Gasteiger partial charge in [0.15, 0.2) is 0 Å². The lowest BCUT2D eigenvalue weighted by atomic mass is 10.0. The first-order chi connectivity index (χ1) is 7.89. The summed E-state index contributed by atoms with van der Waals surface area (Å²) in [5.41, 5.74) is 1.13. The quantitative estimate of drug-likeness (QED) is 0.853. The summed E-state index contributed by atoms with van der Waals surface area (Å²) < 4.78 is 5.64. The molecule has 0 aliphatic carbocycles. The third kappa shape index (κ3) is 3.22. The molecule has 3 heteroatoms. The van der Waals surface area contributed by atoms with Gasteiger partial charge in [0.1, 0.15) is 5.75 Å². The largest absolute Gasteiger partial charge is 0.478 e. The Morgan fingerprint density at radius 1 is 1.35 bits per heavy atom. The molecule has 1 rings (SSSR count). The molecule has 0 bridgehead atoms. The van der Waals surface area contributed by atoms with E-state index in [1.165, 1.54) is 5.56 Å². The number of hydrogen-bond acceptors (Lipinski definition) is 2. The molecule has 0 fully saturated rings. The van der Waals surface area contributed by atoms with Crippen LogP contribution in [0.4, 0.5) is 0 Å². The molecule has 1 atom stereocenters. The Labute approximate surface area is 102 Å². The highest BCUT2D eigenvalue weighted by Gasteiger charge is 2.34. The van der Waals surface area contributed by atoms with E-state index >= 15 is 0 Å². The van der Waals surface area contributed by atoms with Gasteiger partial charge in [-0.05, 0) is 50.5 Å². The Hall–Kier alpha value is -1.51. The molecular formula is C14H20O3. The minimum atomic E-state index is -1.14. The van der Waals surface area contributed by atoms with Crippen molar-refractivity contribution in [2.75, 3.05) is 0 Å². The molecule has 1 aromatic rings. The monoisotopic (exact) mass is 236 g/mol. The molecule has 0 saturated heterocycles. The van der Waals surface area contributed by atoms with Crippen LogP contribution in [-0.4, -0.2) is 16.7 Å². The van der Waals surface area contributed by atoms with Crippen LogP contribution >= 0.6 is 0 Å². The molecule has 1 unspecified atom stereocenters. The number of benzene rings is 1. The molecule has 17 heavy (non-hydrogen) atoms. The fourth-order valence-corrected chi connectivity index (χ4v) is 1.72. The summed E-state index contributed by atoms with van der Waals surface area (Å²) in [5, 5.41) is 9.22. The van der Waals surface area contributed by atoms with E-state index in [2.05, 4.69) is 0 Å². The Bertz CT molecular complexity index is 412. The topological polar surface area (TPSA) is 46.5 Å². The van der Waals surface area contributed by atoms with E-state index in [1.807, 2.05) is 39.0 Å². The Morgan fingerprint density at radius 2 is 2.00 bits per heavy atom. The number of ether oxygens (including phenoxy) is 1. The average Bonchev–Trinajstić information content (AvgIpc) is 2.23. The second-order valence-electron chi connectivity index (χ2n) is 4.63. The maximum absolute atomic E-state index is 11.2. The number of aryl methyl sites for hydroxylation is 2. The van der Waals surface area contributed by atoms with E-state index in [9.17, 15) is 9.90 Å². The molecule has 0 saturated carbocycles.